The highest BCUT2D eigenvalue weighted by atomic mass is 32.2. The molecule has 116 valence electrons. The maximum absolute atomic E-state index is 11.7. The van der Waals surface area contributed by atoms with Gasteiger partial charge in [-0.05, 0) is 6.07 Å². The van der Waals surface area contributed by atoms with Crippen molar-refractivity contribution in [2.75, 3.05) is 6.26 Å². The second-order valence-corrected chi connectivity index (χ2v) is 6.72. The van der Waals surface area contributed by atoms with E-state index in [4.69, 9.17) is 10.8 Å². The number of hydrogen-bond donors (Lipinski definition) is 2. The Morgan fingerprint density at radius 1 is 1.27 bits per heavy atom. The highest BCUT2D eigenvalue weighted by Crippen LogP contribution is 2.19. The van der Waals surface area contributed by atoms with Gasteiger partial charge in [-0.2, -0.15) is 0 Å². The van der Waals surface area contributed by atoms with E-state index in [0.29, 0.717) is 11.3 Å². The smallest absolute Gasteiger partial charge is 0.320 e. The van der Waals surface area contributed by atoms with Gasteiger partial charge in [0.05, 0.1) is 5.69 Å². The molecule has 0 fully saturated rings. The number of carbonyl (C=O) groups is 1. The first-order chi connectivity index (χ1) is 10.3. The fraction of sp³-hybridized carbons (Fsp3) is 0.214. The fourth-order valence-electron chi connectivity index (χ4n) is 1.81. The predicted octanol–water partition coefficient (Wildman–Crippen LogP) is 0.502. The van der Waals surface area contributed by atoms with Gasteiger partial charge in [-0.1, -0.05) is 30.3 Å². The van der Waals surface area contributed by atoms with Crippen LogP contribution in [0, 0.1) is 0 Å². The number of benzene rings is 1. The lowest BCUT2D eigenvalue weighted by Gasteiger charge is -2.09. The lowest BCUT2D eigenvalue weighted by atomic mass is 10.1. The molecule has 1 atom stereocenters. The van der Waals surface area contributed by atoms with Crippen LogP contribution in [-0.4, -0.2) is 41.8 Å². The maximum Gasteiger partial charge on any atom is 0.320 e. The van der Waals surface area contributed by atoms with Crippen LogP contribution in [0.3, 0.4) is 0 Å². The molecule has 0 saturated carbocycles. The van der Waals surface area contributed by atoms with Crippen molar-refractivity contribution in [2.45, 2.75) is 17.6 Å². The van der Waals surface area contributed by atoms with E-state index < -0.39 is 21.8 Å². The first-order valence-electron chi connectivity index (χ1n) is 6.39. The molecule has 0 aliphatic heterocycles. The number of carboxylic acid groups (broad SMARTS) is 1. The quantitative estimate of drug-likeness (QED) is 0.769. The summed E-state index contributed by atoms with van der Waals surface area (Å²) < 4.78 is 23.4. The second kappa shape index (κ2) is 6.20. The molecule has 0 spiro atoms. The maximum atomic E-state index is 11.7. The number of nitrogens with zero attached hydrogens (tertiary/aromatic N) is 2. The number of aliphatic carboxylic acids is 1. The molecular weight excluding hydrogens is 306 g/mol. The molecule has 1 aromatic heterocycles. The number of rotatable bonds is 5. The summed E-state index contributed by atoms with van der Waals surface area (Å²) in [6.45, 7) is 0. The lowest BCUT2D eigenvalue weighted by Crippen LogP contribution is -2.32. The Labute approximate surface area is 127 Å². The summed E-state index contributed by atoms with van der Waals surface area (Å²) in [7, 11) is -3.62. The monoisotopic (exact) mass is 321 g/mol. The molecule has 1 heterocycles. The number of nitrogens with two attached hydrogens (primary N) is 1. The van der Waals surface area contributed by atoms with E-state index in [1.54, 1.807) is 30.3 Å². The van der Waals surface area contributed by atoms with Crippen molar-refractivity contribution in [1.29, 1.82) is 0 Å². The van der Waals surface area contributed by atoms with Crippen molar-refractivity contribution < 1.29 is 18.3 Å². The summed E-state index contributed by atoms with van der Waals surface area (Å²) in [5.41, 5.74) is 6.87. The van der Waals surface area contributed by atoms with Crippen molar-refractivity contribution in [3.63, 3.8) is 0 Å². The van der Waals surface area contributed by atoms with Gasteiger partial charge in [0.2, 0.25) is 15.0 Å². The third-order valence-electron chi connectivity index (χ3n) is 2.91. The largest absolute Gasteiger partial charge is 0.480 e. The fourth-order valence-corrected chi connectivity index (χ4v) is 2.36. The molecule has 0 unspecified atom stereocenters. The number of hydrogen-bond acceptors (Lipinski definition) is 6. The average Bonchev–Trinajstić information content (AvgIpc) is 2.46. The van der Waals surface area contributed by atoms with Gasteiger partial charge >= 0.3 is 5.97 Å². The van der Waals surface area contributed by atoms with Gasteiger partial charge in [-0.3, -0.25) is 4.79 Å². The van der Waals surface area contributed by atoms with E-state index in [2.05, 4.69) is 9.97 Å². The summed E-state index contributed by atoms with van der Waals surface area (Å²) in [4.78, 5) is 18.8. The first-order valence-corrected chi connectivity index (χ1v) is 8.28. The van der Waals surface area contributed by atoms with E-state index in [0.717, 1.165) is 6.26 Å². The predicted molar refractivity (Wildman–Crippen MR) is 79.9 cm³/mol. The highest BCUT2D eigenvalue weighted by Gasteiger charge is 2.18. The molecule has 0 amide bonds. The zero-order valence-electron chi connectivity index (χ0n) is 11.8. The molecular formula is C14H15N3O4S. The Hall–Kier alpha value is -2.32. The topological polar surface area (TPSA) is 123 Å². The third kappa shape index (κ3) is 3.86. The zero-order chi connectivity index (χ0) is 16.3. The molecule has 0 bridgehead atoms. The third-order valence-corrected chi connectivity index (χ3v) is 3.75. The van der Waals surface area contributed by atoms with Gasteiger partial charge < -0.3 is 10.8 Å². The highest BCUT2D eigenvalue weighted by molar-refractivity contribution is 7.90. The van der Waals surface area contributed by atoms with Gasteiger partial charge in [0.25, 0.3) is 0 Å². The SMILES string of the molecule is CS(=O)(=O)c1nc(C[C@H](N)C(=O)O)cc(-c2ccccc2)n1. The molecule has 3 N–H and O–H groups in total. The summed E-state index contributed by atoms with van der Waals surface area (Å²) in [5.74, 6) is -1.18. The van der Waals surface area contributed by atoms with Crippen LogP contribution >= 0.6 is 0 Å². The second-order valence-electron chi connectivity index (χ2n) is 4.81. The van der Waals surface area contributed by atoms with E-state index >= 15 is 0 Å². The van der Waals surface area contributed by atoms with Crippen LogP contribution < -0.4 is 5.73 Å². The molecule has 8 heteroatoms. The Bertz CT molecular complexity index is 791. The normalized spacial score (nSPS) is 12.8. The lowest BCUT2D eigenvalue weighted by molar-refractivity contribution is -0.138. The van der Waals surface area contributed by atoms with Gasteiger partial charge in [-0.25, -0.2) is 18.4 Å². The van der Waals surface area contributed by atoms with Crippen molar-refractivity contribution in [1.82, 2.24) is 9.97 Å². The van der Waals surface area contributed by atoms with Crippen molar-refractivity contribution in [3.8, 4) is 11.3 Å². The molecule has 0 radical (unpaired) electrons. The van der Waals surface area contributed by atoms with E-state index in [-0.39, 0.29) is 17.3 Å². The van der Waals surface area contributed by atoms with E-state index in [9.17, 15) is 13.2 Å². The molecule has 1 aromatic carbocycles. The summed E-state index contributed by atoms with van der Waals surface area (Å²) in [5, 5.41) is 8.53. The summed E-state index contributed by atoms with van der Waals surface area (Å²) in [6.07, 6.45) is 0.915. The number of sulfone groups is 1. The Morgan fingerprint density at radius 3 is 2.45 bits per heavy atom. The van der Waals surface area contributed by atoms with Gasteiger partial charge in [0.1, 0.15) is 6.04 Å². The van der Waals surface area contributed by atoms with Crippen LogP contribution in [0.25, 0.3) is 11.3 Å². The van der Waals surface area contributed by atoms with Gasteiger partial charge in [0, 0.05) is 23.9 Å². The van der Waals surface area contributed by atoms with Crippen LogP contribution in [0.2, 0.25) is 0 Å². The minimum absolute atomic E-state index is 0.0831. The van der Waals surface area contributed by atoms with Gasteiger partial charge in [0.15, 0.2) is 0 Å². The van der Waals surface area contributed by atoms with Crippen LogP contribution in [-0.2, 0) is 21.1 Å². The molecule has 2 rings (SSSR count). The number of carboxylic acids is 1. The minimum Gasteiger partial charge on any atom is -0.480 e. The molecule has 0 aliphatic carbocycles. The Morgan fingerprint density at radius 2 is 1.91 bits per heavy atom. The number of aromatic nitrogens is 2. The van der Waals surface area contributed by atoms with Crippen LogP contribution in [0.15, 0.2) is 41.6 Å². The zero-order valence-corrected chi connectivity index (χ0v) is 12.6. The molecule has 7 nitrogen and oxygen atoms in total. The van der Waals surface area contributed by atoms with Crippen molar-refractivity contribution >= 4 is 15.8 Å². The van der Waals surface area contributed by atoms with Crippen LogP contribution in [0.4, 0.5) is 0 Å². The molecule has 2 aromatic rings. The van der Waals surface area contributed by atoms with E-state index in [1.165, 1.54) is 0 Å². The minimum atomic E-state index is -3.62. The Kier molecular flexibility index (Phi) is 4.53. The standard InChI is InChI=1S/C14H15N3O4S/c1-22(20,21)14-16-10(7-11(15)13(18)19)8-12(17-14)9-5-3-2-4-6-9/h2-6,8,11H,7,15H2,1H3,(H,18,19)/t11-/m0/s1. The van der Waals surface area contributed by atoms with Crippen LogP contribution in [0.5, 0.6) is 0 Å². The first kappa shape index (κ1) is 16.1. The van der Waals surface area contributed by atoms with Crippen molar-refractivity contribution in [3.05, 3.63) is 42.1 Å². The summed E-state index contributed by atoms with van der Waals surface area (Å²) in [6, 6.07) is 9.34. The molecule has 0 saturated heterocycles. The van der Waals surface area contributed by atoms with Gasteiger partial charge in [-0.15, -0.1) is 0 Å². The van der Waals surface area contributed by atoms with E-state index in [1.807, 2.05) is 6.07 Å². The molecule has 0 aliphatic rings. The Balaban J connectivity index is 2.53. The molecule has 22 heavy (non-hydrogen) atoms. The average molecular weight is 321 g/mol. The van der Waals surface area contributed by atoms with Crippen molar-refractivity contribution in [2.24, 2.45) is 5.73 Å². The van der Waals surface area contributed by atoms with Crippen LogP contribution in [0.1, 0.15) is 5.69 Å². The summed E-state index contributed by atoms with van der Waals surface area (Å²) >= 11 is 0.